The van der Waals surface area contributed by atoms with E-state index in [0.29, 0.717) is 32.1 Å². The molecule has 6 nitrogen and oxygen atoms in total. The summed E-state index contributed by atoms with van der Waals surface area (Å²) in [6.45, 7) is 9.41. The van der Waals surface area contributed by atoms with Crippen LogP contribution >= 0.6 is 0 Å². The van der Waals surface area contributed by atoms with Crippen LogP contribution in [0.25, 0.3) is 0 Å². The van der Waals surface area contributed by atoms with Crippen molar-refractivity contribution < 1.29 is 15.3 Å². The molecule has 6 heteroatoms. The second-order valence-electron chi connectivity index (χ2n) is 5.89. The maximum absolute atomic E-state index is 12.3. The lowest BCUT2D eigenvalue weighted by atomic mass is 9.98. The SMILES string of the molecule is CCCCNC(=O)N1CCN(C(=O)[C@H]([NH3+])[C@@H](C)CC)CC1. The smallest absolute Gasteiger partial charge is 0.317 e. The zero-order chi connectivity index (χ0) is 15.8. The Hall–Kier alpha value is -1.30. The van der Waals surface area contributed by atoms with Crippen LogP contribution in [0.1, 0.15) is 40.0 Å². The minimum absolute atomic E-state index is 0.0105. The summed E-state index contributed by atoms with van der Waals surface area (Å²) >= 11 is 0. The first-order valence-corrected chi connectivity index (χ1v) is 8.15. The van der Waals surface area contributed by atoms with E-state index >= 15 is 0 Å². The molecule has 0 aromatic carbocycles. The molecule has 0 aromatic rings. The van der Waals surface area contributed by atoms with Crippen LogP contribution in [0.15, 0.2) is 0 Å². The van der Waals surface area contributed by atoms with Crippen LogP contribution in [0.4, 0.5) is 4.79 Å². The summed E-state index contributed by atoms with van der Waals surface area (Å²) in [6, 6.07) is -0.191. The van der Waals surface area contributed by atoms with E-state index in [0.717, 1.165) is 25.8 Å². The number of unbranched alkanes of at least 4 members (excludes halogenated alkanes) is 1. The van der Waals surface area contributed by atoms with E-state index in [1.54, 1.807) is 4.90 Å². The third kappa shape index (κ3) is 5.19. The fourth-order valence-corrected chi connectivity index (χ4v) is 2.38. The molecule has 3 amide bonds. The number of nitrogens with one attached hydrogen (secondary N) is 1. The molecule has 1 saturated heterocycles. The standard InChI is InChI=1S/C15H30N4O2/c1-4-6-7-17-15(21)19-10-8-18(9-11-19)14(20)13(16)12(3)5-2/h12-13H,4-11,16H2,1-3H3,(H,17,21)/p+1/t12-,13+/m0/s1. The summed E-state index contributed by atoms with van der Waals surface area (Å²) in [7, 11) is 0. The summed E-state index contributed by atoms with van der Waals surface area (Å²) < 4.78 is 0. The van der Waals surface area contributed by atoms with E-state index in [2.05, 4.69) is 31.8 Å². The Labute approximate surface area is 128 Å². The van der Waals surface area contributed by atoms with Gasteiger partial charge in [0, 0.05) is 38.6 Å². The fraction of sp³-hybridized carbons (Fsp3) is 0.867. The Kier molecular flexibility index (Phi) is 7.50. The second-order valence-corrected chi connectivity index (χ2v) is 5.89. The van der Waals surface area contributed by atoms with Crippen molar-refractivity contribution in [3.8, 4) is 0 Å². The number of urea groups is 1. The monoisotopic (exact) mass is 299 g/mol. The number of hydrogen-bond acceptors (Lipinski definition) is 2. The topological polar surface area (TPSA) is 80.3 Å². The van der Waals surface area contributed by atoms with Crippen molar-refractivity contribution in [2.75, 3.05) is 32.7 Å². The third-order valence-corrected chi connectivity index (χ3v) is 4.33. The van der Waals surface area contributed by atoms with Gasteiger partial charge >= 0.3 is 6.03 Å². The number of piperazine rings is 1. The highest BCUT2D eigenvalue weighted by atomic mass is 16.2. The van der Waals surface area contributed by atoms with Gasteiger partial charge in [0.05, 0.1) is 0 Å². The van der Waals surface area contributed by atoms with Crippen molar-refractivity contribution >= 4 is 11.9 Å². The summed E-state index contributed by atoms with van der Waals surface area (Å²) in [5.74, 6) is 0.420. The van der Waals surface area contributed by atoms with Gasteiger partial charge in [-0.15, -0.1) is 0 Å². The van der Waals surface area contributed by atoms with E-state index < -0.39 is 0 Å². The van der Waals surface area contributed by atoms with Crippen LogP contribution in [0.3, 0.4) is 0 Å². The van der Waals surface area contributed by atoms with Gasteiger partial charge < -0.3 is 20.9 Å². The molecule has 0 aliphatic carbocycles. The lowest BCUT2D eigenvalue weighted by Gasteiger charge is -2.35. The van der Waals surface area contributed by atoms with Crippen molar-refractivity contribution in [1.29, 1.82) is 0 Å². The molecule has 2 atom stereocenters. The summed E-state index contributed by atoms with van der Waals surface area (Å²) in [6.07, 6.45) is 3.03. The van der Waals surface area contributed by atoms with Crippen molar-refractivity contribution in [3.05, 3.63) is 0 Å². The molecule has 0 radical (unpaired) electrons. The Morgan fingerprint density at radius 3 is 2.24 bits per heavy atom. The molecule has 1 rings (SSSR count). The molecule has 1 aliphatic heterocycles. The quantitative estimate of drug-likeness (QED) is 0.692. The van der Waals surface area contributed by atoms with E-state index in [4.69, 9.17) is 0 Å². The zero-order valence-corrected chi connectivity index (χ0v) is 13.7. The van der Waals surface area contributed by atoms with Gasteiger partial charge in [-0.05, 0) is 12.8 Å². The van der Waals surface area contributed by atoms with E-state index in [9.17, 15) is 9.59 Å². The zero-order valence-electron chi connectivity index (χ0n) is 13.7. The number of hydrogen-bond donors (Lipinski definition) is 2. The van der Waals surface area contributed by atoms with Crippen molar-refractivity contribution in [1.82, 2.24) is 15.1 Å². The van der Waals surface area contributed by atoms with Crippen LogP contribution in [-0.4, -0.2) is 60.5 Å². The molecule has 0 spiro atoms. The van der Waals surface area contributed by atoms with Crippen LogP contribution < -0.4 is 11.1 Å². The van der Waals surface area contributed by atoms with Gasteiger partial charge in [-0.1, -0.05) is 27.2 Å². The fourth-order valence-electron chi connectivity index (χ4n) is 2.38. The summed E-state index contributed by atoms with van der Waals surface area (Å²) in [5, 5.41) is 2.92. The van der Waals surface area contributed by atoms with Gasteiger partial charge in [0.2, 0.25) is 0 Å². The number of amides is 3. The van der Waals surface area contributed by atoms with Crippen LogP contribution in [0.2, 0.25) is 0 Å². The second kappa shape index (κ2) is 8.87. The Morgan fingerprint density at radius 2 is 1.71 bits per heavy atom. The Bertz CT molecular complexity index is 341. The number of nitrogens with zero attached hydrogens (tertiary/aromatic N) is 2. The van der Waals surface area contributed by atoms with Crippen LogP contribution in [-0.2, 0) is 4.79 Å². The predicted octanol–water partition coefficient (Wildman–Crippen LogP) is 0.297. The highest BCUT2D eigenvalue weighted by molar-refractivity contribution is 5.81. The average molecular weight is 299 g/mol. The number of rotatable bonds is 6. The first kappa shape index (κ1) is 17.8. The van der Waals surface area contributed by atoms with Gasteiger partial charge in [0.1, 0.15) is 0 Å². The molecule has 1 aliphatic rings. The summed E-state index contributed by atoms with van der Waals surface area (Å²) in [5.41, 5.74) is 4.00. The number of carbonyl (C=O) groups excluding carboxylic acids is 2. The van der Waals surface area contributed by atoms with E-state index in [-0.39, 0.29) is 18.0 Å². The molecule has 1 heterocycles. The van der Waals surface area contributed by atoms with Crippen LogP contribution in [0, 0.1) is 5.92 Å². The predicted molar refractivity (Wildman–Crippen MR) is 82.6 cm³/mol. The summed E-state index contributed by atoms with van der Waals surface area (Å²) in [4.78, 5) is 27.9. The maximum Gasteiger partial charge on any atom is 0.317 e. The van der Waals surface area contributed by atoms with Gasteiger partial charge in [-0.3, -0.25) is 4.79 Å². The van der Waals surface area contributed by atoms with Gasteiger partial charge in [-0.2, -0.15) is 0 Å². The molecule has 0 saturated carbocycles. The van der Waals surface area contributed by atoms with Crippen molar-refractivity contribution in [3.63, 3.8) is 0 Å². The molecular weight excluding hydrogens is 268 g/mol. The van der Waals surface area contributed by atoms with Gasteiger partial charge in [0.25, 0.3) is 5.91 Å². The van der Waals surface area contributed by atoms with E-state index in [1.165, 1.54) is 0 Å². The Balaban J connectivity index is 2.37. The molecule has 0 unspecified atom stereocenters. The lowest BCUT2D eigenvalue weighted by molar-refractivity contribution is -0.417. The molecule has 0 bridgehead atoms. The molecule has 0 aromatic heterocycles. The number of quaternary nitrogens is 1. The normalized spacial score (nSPS) is 18.3. The first-order valence-electron chi connectivity index (χ1n) is 8.15. The Morgan fingerprint density at radius 1 is 1.14 bits per heavy atom. The largest absolute Gasteiger partial charge is 0.347 e. The lowest BCUT2D eigenvalue weighted by Crippen LogP contribution is -2.71. The highest BCUT2D eigenvalue weighted by Gasteiger charge is 2.31. The van der Waals surface area contributed by atoms with E-state index in [1.807, 2.05) is 4.90 Å². The van der Waals surface area contributed by atoms with Crippen LogP contribution in [0.5, 0.6) is 0 Å². The molecule has 4 N–H and O–H groups in total. The van der Waals surface area contributed by atoms with Gasteiger partial charge in [0.15, 0.2) is 6.04 Å². The minimum Gasteiger partial charge on any atom is -0.347 e. The average Bonchev–Trinajstić information content (AvgIpc) is 2.52. The molecule has 122 valence electrons. The highest BCUT2D eigenvalue weighted by Crippen LogP contribution is 2.09. The van der Waals surface area contributed by atoms with Crippen molar-refractivity contribution in [2.24, 2.45) is 5.92 Å². The first-order chi connectivity index (χ1) is 10.0. The number of carbonyl (C=O) groups is 2. The maximum atomic E-state index is 12.3. The molecule has 21 heavy (non-hydrogen) atoms. The minimum atomic E-state index is -0.181. The molecule has 1 fully saturated rings. The third-order valence-electron chi connectivity index (χ3n) is 4.33. The molecular formula is C15H31N4O2+. The van der Waals surface area contributed by atoms with Crippen molar-refractivity contribution in [2.45, 2.75) is 46.1 Å². The van der Waals surface area contributed by atoms with Gasteiger partial charge in [-0.25, -0.2) is 4.79 Å².